The molecule has 1 heterocycles. The van der Waals surface area contributed by atoms with Crippen LogP contribution in [-0.2, 0) is 0 Å². The highest BCUT2D eigenvalue weighted by molar-refractivity contribution is 7.22. The molecule has 0 saturated carbocycles. The number of hydrogen-bond acceptors (Lipinski definition) is 8. The molecule has 0 saturated heterocycles. The summed E-state index contributed by atoms with van der Waals surface area (Å²) >= 11 is 1.56. The Kier molecular flexibility index (Phi) is 7.60. The Morgan fingerprint density at radius 3 is 2.30 bits per heavy atom. The van der Waals surface area contributed by atoms with E-state index in [2.05, 4.69) is 15.5 Å². The Morgan fingerprint density at radius 2 is 1.55 bits per heavy atom. The van der Waals surface area contributed by atoms with Crippen molar-refractivity contribution in [3.05, 3.63) is 72.3 Å². The molecule has 0 radical (unpaired) electrons. The smallest absolute Gasteiger partial charge is 0.204 e. The molecule has 0 atom stereocenters. The molecule has 4 rings (SSSR count). The van der Waals surface area contributed by atoms with Crippen LogP contribution in [0.3, 0.4) is 0 Å². The van der Waals surface area contributed by atoms with E-state index in [1.54, 1.807) is 31.8 Å². The lowest BCUT2D eigenvalue weighted by molar-refractivity contribution is 0.234. The van der Waals surface area contributed by atoms with Crippen LogP contribution in [0.1, 0.15) is 12.0 Å². The van der Waals surface area contributed by atoms with E-state index in [0.29, 0.717) is 24.7 Å². The Morgan fingerprint density at radius 1 is 0.848 bits per heavy atom. The zero-order valence-corrected chi connectivity index (χ0v) is 19.3. The maximum absolute atomic E-state index is 5.88. The number of fused-ring (bicyclic) bond motifs is 1. The van der Waals surface area contributed by atoms with E-state index in [-0.39, 0.29) is 0 Å². The lowest BCUT2D eigenvalue weighted by Crippen LogP contribution is -2.06. The van der Waals surface area contributed by atoms with Gasteiger partial charge < -0.3 is 18.9 Å². The van der Waals surface area contributed by atoms with E-state index in [0.717, 1.165) is 38.8 Å². The average molecular weight is 464 g/mol. The fourth-order valence-corrected chi connectivity index (χ4v) is 3.94. The number of para-hydroxylation sites is 3. The minimum Gasteiger partial charge on any atom is -0.493 e. The lowest BCUT2D eigenvalue weighted by atomic mass is 10.2. The minimum atomic E-state index is 0.498. The number of benzene rings is 3. The van der Waals surface area contributed by atoms with Gasteiger partial charge in [0, 0.05) is 6.42 Å². The van der Waals surface area contributed by atoms with Gasteiger partial charge in [0.1, 0.15) is 0 Å². The van der Waals surface area contributed by atoms with E-state index in [9.17, 15) is 0 Å². The molecule has 0 aliphatic rings. The first-order valence-electron chi connectivity index (χ1n) is 10.5. The fourth-order valence-electron chi connectivity index (χ4n) is 3.13. The van der Waals surface area contributed by atoms with Crippen molar-refractivity contribution < 1.29 is 18.9 Å². The summed E-state index contributed by atoms with van der Waals surface area (Å²) in [6.45, 7) is 1.02. The molecule has 1 N–H and O–H groups in total. The van der Waals surface area contributed by atoms with Gasteiger partial charge in [-0.15, -0.1) is 0 Å². The largest absolute Gasteiger partial charge is 0.493 e. The van der Waals surface area contributed by atoms with Crippen LogP contribution in [-0.4, -0.2) is 38.6 Å². The molecule has 33 heavy (non-hydrogen) atoms. The maximum Gasteiger partial charge on any atom is 0.204 e. The highest BCUT2D eigenvalue weighted by atomic mass is 32.1. The number of hydrogen-bond donors (Lipinski definition) is 1. The molecule has 0 fully saturated rings. The Labute approximate surface area is 196 Å². The number of nitrogens with zero attached hydrogens (tertiary/aromatic N) is 2. The zero-order valence-electron chi connectivity index (χ0n) is 18.5. The second-order valence-corrected chi connectivity index (χ2v) is 8.00. The first-order chi connectivity index (χ1) is 16.3. The summed E-state index contributed by atoms with van der Waals surface area (Å²) in [6, 6.07) is 21.2. The average Bonchev–Trinajstić information content (AvgIpc) is 3.27. The molecular formula is C25H25N3O4S. The van der Waals surface area contributed by atoms with Crippen molar-refractivity contribution in [2.45, 2.75) is 6.42 Å². The summed E-state index contributed by atoms with van der Waals surface area (Å²) in [5.74, 6) is 2.76. The first-order valence-corrected chi connectivity index (χ1v) is 11.3. The predicted octanol–water partition coefficient (Wildman–Crippen LogP) is 5.61. The molecule has 170 valence electrons. The SMILES string of the molecule is COc1ccccc1OCCCOc1ccc(/C=N/Nc2nc3ccccc3s2)cc1OC. The van der Waals surface area contributed by atoms with Crippen LogP contribution in [0.25, 0.3) is 10.2 Å². The Hall–Kier alpha value is -3.78. The molecule has 8 heteroatoms. The van der Waals surface area contributed by atoms with Crippen LogP contribution < -0.4 is 24.4 Å². The number of rotatable bonds is 11. The second kappa shape index (κ2) is 11.2. The summed E-state index contributed by atoms with van der Waals surface area (Å²) in [5, 5.41) is 5.04. The van der Waals surface area contributed by atoms with Gasteiger partial charge in [-0.3, -0.25) is 5.43 Å². The summed E-state index contributed by atoms with van der Waals surface area (Å²) < 4.78 is 23.5. The van der Waals surface area contributed by atoms with E-state index < -0.39 is 0 Å². The minimum absolute atomic E-state index is 0.498. The van der Waals surface area contributed by atoms with E-state index in [4.69, 9.17) is 18.9 Å². The van der Waals surface area contributed by atoms with Gasteiger partial charge >= 0.3 is 0 Å². The van der Waals surface area contributed by atoms with Crippen molar-refractivity contribution in [3.8, 4) is 23.0 Å². The van der Waals surface area contributed by atoms with Crippen LogP contribution in [0.4, 0.5) is 5.13 Å². The van der Waals surface area contributed by atoms with Gasteiger partial charge in [0.25, 0.3) is 0 Å². The van der Waals surface area contributed by atoms with E-state index >= 15 is 0 Å². The van der Waals surface area contributed by atoms with Gasteiger partial charge in [-0.2, -0.15) is 5.10 Å². The molecule has 7 nitrogen and oxygen atoms in total. The van der Waals surface area contributed by atoms with Crippen molar-refractivity contribution in [1.82, 2.24) is 4.98 Å². The first kappa shape index (κ1) is 22.4. The van der Waals surface area contributed by atoms with Crippen molar-refractivity contribution >= 4 is 32.9 Å². The number of ether oxygens (including phenoxy) is 4. The highest BCUT2D eigenvalue weighted by Crippen LogP contribution is 2.29. The molecule has 0 spiro atoms. The van der Waals surface area contributed by atoms with E-state index in [1.807, 2.05) is 66.7 Å². The summed E-state index contributed by atoms with van der Waals surface area (Å²) in [4.78, 5) is 4.50. The number of thiazole rings is 1. The van der Waals surface area contributed by atoms with Gasteiger partial charge in [-0.05, 0) is 48.0 Å². The van der Waals surface area contributed by atoms with Crippen LogP contribution in [0, 0.1) is 0 Å². The van der Waals surface area contributed by atoms with Gasteiger partial charge in [-0.25, -0.2) is 4.98 Å². The molecular weight excluding hydrogens is 438 g/mol. The van der Waals surface area contributed by atoms with Gasteiger partial charge in [0.05, 0.1) is 43.9 Å². The molecule has 0 aliphatic heterocycles. The summed E-state index contributed by atoms with van der Waals surface area (Å²) in [5.41, 5.74) is 4.82. The van der Waals surface area contributed by atoms with Crippen molar-refractivity contribution in [3.63, 3.8) is 0 Å². The predicted molar refractivity (Wildman–Crippen MR) is 132 cm³/mol. The van der Waals surface area contributed by atoms with Crippen LogP contribution in [0.5, 0.6) is 23.0 Å². The van der Waals surface area contributed by atoms with Crippen LogP contribution >= 0.6 is 11.3 Å². The lowest BCUT2D eigenvalue weighted by Gasteiger charge is -2.12. The summed E-state index contributed by atoms with van der Waals surface area (Å²) in [7, 11) is 3.25. The number of methoxy groups -OCH3 is 2. The second-order valence-electron chi connectivity index (χ2n) is 6.97. The molecule has 3 aromatic carbocycles. The standard InChI is InChI=1S/C25H25N3O4S/c1-29-20-9-4-5-10-21(20)31-14-7-15-32-22-13-12-18(16-23(22)30-2)17-26-28-25-27-19-8-3-6-11-24(19)33-25/h3-6,8-13,16-17H,7,14-15H2,1-2H3,(H,27,28)/b26-17+. The third kappa shape index (κ3) is 5.93. The monoisotopic (exact) mass is 463 g/mol. The number of anilines is 1. The third-order valence-electron chi connectivity index (χ3n) is 4.73. The van der Waals surface area contributed by atoms with Crippen molar-refractivity contribution in [1.29, 1.82) is 0 Å². The number of aromatic nitrogens is 1. The fraction of sp³-hybridized carbons (Fsp3) is 0.200. The Bertz CT molecular complexity index is 1190. The van der Waals surface area contributed by atoms with Crippen molar-refractivity contribution in [2.75, 3.05) is 32.9 Å². The molecule has 0 aliphatic carbocycles. The summed E-state index contributed by atoms with van der Waals surface area (Å²) in [6.07, 6.45) is 2.44. The third-order valence-corrected chi connectivity index (χ3v) is 5.67. The number of nitrogens with one attached hydrogen (secondary N) is 1. The molecule has 0 amide bonds. The zero-order chi connectivity index (χ0) is 22.9. The van der Waals surface area contributed by atoms with E-state index in [1.165, 1.54) is 0 Å². The van der Waals surface area contributed by atoms with Gasteiger partial charge in [0.15, 0.2) is 23.0 Å². The molecule has 0 unspecified atom stereocenters. The van der Waals surface area contributed by atoms with Crippen LogP contribution in [0.2, 0.25) is 0 Å². The normalized spacial score (nSPS) is 11.0. The number of hydrazone groups is 1. The maximum atomic E-state index is 5.88. The van der Waals surface area contributed by atoms with Gasteiger partial charge in [-0.1, -0.05) is 35.6 Å². The highest BCUT2D eigenvalue weighted by Gasteiger charge is 2.07. The molecule has 4 aromatic rings. The quantitative estimate of drug-likeness (QED) is 0.177. The molecule has 1 aromatic heterocycles. The topological polar surface area (TPSA) is 74.2 Å². The Balaban J connectivity index is 1.27. The van der Waals surface area contributed by atoms with Crippen molar-refractivity contribution in [2.24, 2.45) is 5.10 Å². The van der Waals surface area contributed by atoms with Crippen LogP contribution in [0.15, 0.2) is 71.8 Å². The van der Waals surface area contributed by atoms with Gasteiger partial charge in [0.2, 0.25) is 5.13 Å². The molecule has 0 bridgehead atoms.